The number of ether oxygens (including phenoxy) is 1. The molecule has 1 aliphatic rings. The molecular formula is C28H19ClN2O2. The van der Waals surface area contributed by atoms with Crippen molar-refractivity contribution < 1.29 is 9.53 Å². The van der Waals surface area contributed by atoms with Crippen molar-refractivity contribution in [2.24, 2.45) is 0 Å². The third-order valence-corrected chi connectivity index (χ3v) is 5.66. The van der Waals surface area contributed by atoms with E-state index in [2.05, 4.69) is 16.8 Å². The van der Waals surface area contributed by atoms with Gasteiger partial charge in [-0.15, -0.1) is 0 Å². The first-order valence-electron chi connectivity index (χ1n) is 10.5. The van der Waals surface area contributed by atoms with Gasteiger partial charge in [0.15, 0.2) is 0 Å². The first kappa shape index (κ1) is 20.8. The lowest BCUT2D eigenvalue weighted by Crippen LogP contribution is -2.24. The van der Waals surface area contributed by atoms with Crippen molar-refractivity contribution in [2.75, 3.05) is 6.54 Å². The van der Waals surface area contributed by atoms with Crippen molar-refractivity contribution >= 4 is 17.5 Å². The molecule has 1 amide bonds. The highest BCUT2D eigenvalue weighted by molar-refractivity contribution is 6.34. The third-order valence-electron chi connectivity index (χ3n) is 5.36. The second-order valence-corrected chi connectivity index (χ2v) is 8.04. The van der Waals surface area contributed by atoms with E-state index in [1.165, 1.54) is 0 Å². The van der Waals surface area contributed by atoms with Crippen LogP contribution in [0.4, 0.5) is 0 Å². The molecular weight excluding hydrogens is 432 g/mol. The van der Waals surface area contributed by atoms with Gasteiger partial charge in [-0.05, 0) is 65.7 Å². The first-order valence-corrected chi connectivity index (χ1v) is 10.9. The van der Waals surface area contributed by atoms with Crippen molar-refractivity contribution in [3.63, 3.8) is 0 Å². The number of pyridine rings is 1. The van der Waals surface area contributed by atoms with Crippen molar-refractivity contribution in [3.8, 4) is 34.5 Å². The fraction of sp³-hybridized carbons (Fsp3) is 0.0714. The van der Waals surface area contributed by atoms with Gasteiger partial charge in [-0.2, -0.15) is 0 Å². The van der Waals surface area contributed by atoms with Crippen molar-refractivity contribution in [3.05, 3.63) is 113 Å². The first-order chi connectivity index (χ1) is 16.2. The number of halogens is 1. The van der Waals surface area contributed by atoms with Crippen LogP contribution in [0.1, 0.15) is 21.5 Å². The average Bonchev–Trinajstić information content (AvgIpc) is 3.17. The fourth-order valence-electron chi connectivity index (χ4n) is 3.76. The van der Waals surface area contributed by atoms with Crippen LogP contribution in [0, 0.1) is 11.8 Å². The summed E-state index contributed by atoms with van der Waals surface area (Å²) in [5.74, 6) is 7.67. The topological polar surface area (TPSA) is 42.4 Å². The highest BCUT2D eigenvalue weighted by atomic mass is 35.5. The minimum atomic E-state index is -0.0892. The normalized spacial score (nSPS) is 12.2. The molecule has 0 aliphatic carbocycles. The SMILES string of the molecule is O=C1c2c(Cl)cc(-c3cccnc3)cc2CN1CC#Cc1ccc(Oc2ccccc2)cc1. The molecule has 160 valence electrons. The standard InChI is InChI=1S/C28H19ClN2O2/c29-26-17-22(21-7-4-14-30-18-21)16-23-19-31(28(32)27(23)26)15-5-6-20-10-12-25(13-11-20)33-24-8-2-1-3-9-24/h1-4,7-14,16-18H,15,19H2. The lowest BCUT2D eigenvalue weighted by Gasteiger charge is -2.10. The fourth-order valence-corrected chi connectivity index (χ4v) is 4.08. The molecule has 2 heterocycles. The number of nitrogens with zero attached hydrogens (tertiary/aromatic N) is 2. The van der Waals surface area contributed by atoms with Crippen LogP contribution in [-0.2, 0) is 6.54 Å². The summed E-state index contributed by atoms with van der Waals surface area (Å²) >= 11 is 6.47. The number of benzene rings is 3. The number of carbonyl (C=O) groups is 1. The summed E-state index contributed by atoms with van der Waals surface area (Å²) in [5, 5.41) is 0.459. The molecule has 0 unspecified atom stereocenters. The van der Waals surface area contributed by atoms with Gasteiger partial charge < -0.3 is 9.64 Å². The Morgan fingerprint density at radius 2 is 1.73 bits per heavy atom. The van der Waals surface area contributed by atoms with Crippen molar-refractivity contribution in [1.82, 2.24) is 9.88 Å². The number of amides is 1. The predicted octanol–water partition coefficient (Wildman–Crippen LogP) is 6.20. The van der Waals surface area contributed by atoms with E-state index in [4.69, 9.17) is 16.3 Å². The molecule has 0 saturated heterocycles. The number of hydrogen-bond donors (Lipinski definition) is 0. The minimum absolute atomic E-state index is 0.0892. The second kappa shape index (κ2) is 9.20. The summed E-state index contributed by atoms with van der Waals surface area (Å²) in [6.07, 6.45) is 3.51. The Hall–Kier alpha value is -4.07. The van der Waals surface area contributed by atoms with E-state index in [1.807, 2.05) is 78.9 Å². The molecule has 0 atom stereocenters. The maximum absolute atomic E-state index is 12.9. The maximum Gasteiger partial charge on any atom is 0.256 e. The molecule has 0 bridgehead atoms. The molecule has 5 heteroatoms. The van der Waals surface area contributed by atoms with Crippen molar-refractivity contribution in [2.45, 2.75) is 6.54 Å². The van der Waals surface area contributed by atoms with E-state index in [0.717, 1.165) is 33.8 Å². The van der Waals surface area contributed by atoms with E-state index in [1.54, 1.807) is 17.3 Å². The lowest BCUT2D eigenvalue weighted by molar-refractivity contribution is 0.0799. The summed E-state index contributed by atoms with van der Waals surface area (Å²) in [6, 6.07) is 24.9. The molecule has 0 radical (unpaired) electrons. The Balaban J connectivity index is 1.26. The molecule has 4 aromatic rings. The molecule has 0 fully saturated rings. The van der Waals surface area contributed by atoms with Crippen LogP contribution in [0.5, 0.6) is 11.5 Å². The number of fused-ring (bicyclic) bond motifs is 1. The maximum atomic E-state index is 12.9. The highest BCUT2D eigenvalue weighted by Crippen LogP contribution is 2.34. The van der Waals surface area contributed by atoms with Gasteiger partial charge in [0.1, 0.15) is 11.5 Å². The van der Waals surface area contributed by atoms with Crippen LogP contribution < -0.4 is 4.74 Å². The van der Waals surface area contributed by atoms with E-state index in [9.17, 15) is 4.79 Å². The van der Waals surface area contributed by atoms with Crippen LogP contribution in [-0.4, -0.2) is 22.3 Å². The zero-order valence-corrected chi connectivity index (χ0v) is 18.4. The molecule has 4 nitrogen and oxygen atoms in total. The van der Waals surface area contributed by atoms with Gasteiger partial charge in [0, 0.05) is 30.1 Å². The van der Waals surface area contributed by atoms with E-state index >= 15 is 0 Å². The molecule has 33 heavy (non-hydrogen) atoms. The van der Waals surface area contributed by atoms with E-state index in [0.29, 0.717) is 23.7 Å². The largest absolute Gasteiger partial charge is 0.457 e. The molecule has 1 aromatic heterocycles. The Morgan fingerprint density at radius 3 is 2.48 bits per heavy atom. The van der Waals surface area contributed by atoms with E-state index in [-0.39, 0.29) is 5.91 Å². The molecule has 5 rings (SSSR count). The second-order valence-electron chi connectivity index (χ2n) is 7.64. The smallest absolute Gasteiger partial charge is 0.256 e. The Kier molecular flexibility index (Phi) is 5.80. The number of hydrogen-bond acceptors (Lipinski definition) is 3. The lowest BCUT2D eigenvalue weighted by atomic mass is 10.0. The van der Waals surface area contributed by atoms with Gasteiger partial charge >= 0.3 is 0 Å². The summed E-state index contributed by atoms with van der Waals surface area (Å²) in [7, 11) is 0. The van der Waals surface area contributed by atoms with Gasteiger partial charge in [0.05, 0.1) is 17.1 Å². The Morgan fingerprint density at radius 1 is 0.939 bits per heavy atom. The van der Waals surface area contributed by atoms with Crippen LogP contribution in [0.3, 0.4) is 0 Å². The molecule has 3 aromatic carbocycles. The zero-order valence-electron chi connectivity index (χ0n) is 17.7. The monoisotopic (exact) mass is 450 g/mol. The summed E-state index contributed by atoms with van der Waals surface area (Å²) in [5.41, 5.74) is 4.25. The van der Waals surface area contributed by atoms with Gasteiger partial charge in [0.2, 0.25) is 0 Å². The van der Waals surface area contributed by atoms with Gasteiger partial charge in [-0.1, -0.05) is 47.7 Å². The van der Waals surface area contributed by atoms with Gasteiger partial charge in [-0.3, -0.25) is 9.78 Å². The van der Waals surface area contributed by atoms with Crippen LogP contribution in [0.25, 0.3) is 11.1 Å². The minimum Gasteiger partial charge on any atom is -0.457 e. The quantitative estimate of drug-likeness (QED) is 0.347. The summed E-state index contributed by atoms with van der Waals surface area (Å²) in [6.45, 7) is 0.814. The van der Waals surface area contributed by atoms with Gasteiger partial charge in [0.25, 0.3) is 5.91 Å². The Labute approximate surface area is 197 Å². The van der Waals surface area contributed by atoms with Crippen LogP contribution >= 0.6 is 11.6 Å². The number of aromatic nitrogens is 1. The molecule has 0 spiro atoms. The Bertz CT molecular complexity index is 1360. The van der Waals surface area contributed by atoms with E-state index < -0.39 is 0 Å². The number of para-hydroxylation sites is 1. The average molecular weight is 451 g/mol. The summed E-state index contributed by atoms with van der Waals surface area (Å²) in [4.78, 5) is 18.7. The van der Waals surface area contributed by atoms with Crippen LogP contribution in [0.15, 0.2) is 91.3 Å². The predicted molar refractivity (Wildman–Crippen MR) is 129 cm³/mol. The number of rotatable bonds is 4. The number of carbonyl (C=O) groups excluding carboxylic acids is 1. The highest BCUT2D eigenvalue weighted by Gasteiger charge is 2.29. The third kappa shape index (κ3) is 4.59. The molecule has 1 aliphatic heterocycles. The molecule has 0 saturated carbocycles. The van der Waals surface area contributed by atoms with Gasteiger partial charge in [-0.25, -0.2) is 0 Å². The zero-order chi connectivity index (χ0) is 22.6. The molecule has 0 N–H and O–H groups in total. The van der Waals surface area contributed by atoms with Crippen molar-refractivity contribution in [1.29, 1.82) is 0 Å². The van der Waals surface area contributed by atoms with Crippen LogP contribution in [0.2, 0.25) is 5.02 Å². The summed E-state index contributed by atoms with van der Waals surface area (Å²) < 4.78 is 5.80.